The van der Waals surface area contributed by atoms with Crippen molar-refractivity contribution in [3.05, 3.63) is 0 Å². The van der Waals surface area contributed by atoms with Crippen LogP contribution >= 0.6 is 0 Å². The van der Waals surface area contributed by atoms with E-state index in [0.717, 1.165) is 0 Å². The van der Waals surface area contributed by atoms with E-state index in [9.17, 15) is 18.0 Å². The lowest BCUT2D eigenvalue weighted by atomic mass is 10.3. The molecule has 0 unspecified atom stereocenters. The average Bonchev–Trinajstić information content (AvgIpc) is 2.24. The molecule has 1 aliphatic rings. The molecular formula is C10H18F3N3O. The van der Waals surface area contributed by atoms with Crippen LogP contribution in [0, 0.1) is 0 Å². The zero-order valence-corrected chi connectivity index (χ0v) is 9.89. The molecule has 1 N–H and O–H groups in total. The third kappa shape index (κ3) is 5.36. The lowest BCUT2D eigenvalue weighted by molar-refractivity contribution is -0.151. The molecule has 0 aliphatic carbocycles. The van der Waals surface area contributed by atoms with Crippen molar-refractivity contribution in [1.82, 2.24) is 15.1 Å². The van der Waals surface area contributed by atoms with Gasteiger partial charge in [-0.05, 0) is 6.54 Å². The molecule has 7 heteroatoms. The second-order valence-electron chi connectivity index (χ2n) is 4.05. The highest BCUT2D eigenvalue weighted by Crippen LogP contribution is 2.17. The van der Waals surface area contributed by atoms with Crippen LogP contribution in [0.1, 0.15) is 6.92 Å². The molecule has 100 valence electrons. The van der Waals surface area contributed by atoms with Crippen LogP contribution < -0.4 is 5.32 Å². The summed E-state index contributed by atoms with van der Waals surface area (Å²) < 4.78 is 36.4. The quantitative estimate of drug-likeness (QED) is 0.783. The van der Waals surface area contributed by atoms with Crippen molar-refractivity contribution in [3.8, 4) is 0 Å². The molecule has 0 radical (unpaired) electrons. The molecule has 1 rings (SSSR count). The van der Waals surface area contributed by atoms with E-state index < -0.39 is 12.7 Å². The minimum absolute atomic E-state index is 0.0430. The highest BCUT2D eigenvalue weighted by molar-refractivity contribution is 5.78. The van der Waals surface area contributed by atoms with Gasteiger partial charge in [0, 0.05) is 26.2 Å². The van der Waals surface area contributed by atoms with Crippen molar-refractivity contribution in [2.45, 2.75) is 13.1 Å². The minimum atomic E-state index is -4.16. The Labute approximate surface area is 98.7 Å². The van der Waals surface area contributed by atoms with Gasteiger partial charge in [0.15, 0.2) is 0 Å². The molecule has 0 saturated carbocycles. The highest BCUT2D eigenvalue weighted by Gasteiger charge is 2.32. The van der Waals surface area contributed by atoms with E-state index in [0.29, 0.717) is 19.6 Å². The lowest BCUT2D eigenvalue weighted by Gasteiger charge is -2.35. The van der Waals surface area contributed by atoms with Crippen molar-refractivity contribution in [1.29, 1.82) is 0 Å². The van der Waals surface area contributed by atoms with Crippen molar-refractivity contribution in [2.24, 2.45) is 0 Å². The largest absolute Gasteiger partial charge is 0.401 e. The van der Waals surface area contributed by atoms with Gasteiger partial charge in [-0.15, -0.1) is 0 Å². The average molecular weight is 253 g/mol. The summed E-state index contributed by atoms with van der Waals surface area (Å²) in [6.07, 6.45) is -4.16. The first-order valence-corrected chi connectivity index (χ1v) is 5.70. The van der Waals surface area contributed by atoms with Crippen molar-refractivity contribution < 1.29 is 18.0 Å². The molecule has 0 aromatic heterocycles. The number of carbonyl (C=O) groups is 1. The van der Waals surface area contributed by atoms with Gasteiger partial charge in [0.25, 0.3) is 0 Å². The van der Waals surface area contributed by atoms with Crippen LogP contribution in [-0.2, 0) is 4.79 Å². The number of likely N-dealkylation sites (N-methyl/N-ethyl adjacent to an activating group) is 1. The van der Waals surface area contributed by atoms with E-state index in [2.05, 4.69) is 5.32 Å². The van der Waals surface area contributed by atoms with Crippen LogP contribution in [0.3, 0.4) is 0 Å². The molecule has 0 spiro atoms. The second-order valence-corrected chi connectivity index (χ2v) is 4.05. The molecule has 0 atom stereocenters. The van der Waals surface area contributed by atoms with Gasteiger partial charge in [0.2, 0.25) is 5.91 Å². The number of piperazine rings is 1. The zero-order chi connectivity index (χ0) is 12.9. The summed E-state index contributed by atoms with van der Waals surface area (Å²) in [6, 6.07) is 0. The van der Waals surface area contributed by atoms with Crippen molar-refractivity contribution in [2.75, 3.05) is 45.8 Å². The van der Waals surface area contributed by atoms with Gasteiger partial charge in [-0.3, -0.25) is 9.69 Å². The Morgan fingerprint density at radius 1 is 1.24 bits per heavy atom. The van der Waals surface area contributed by atoms with E-state index in [1.54, 1.807) is 4.90 Å². The smallest absolute Gasteiger partial charge is 0.339 e. The highest BCUT2D eigenvalue weighted by atomic mass is 19.4. The normalized spacial score (nSPS) is 18.5. The maximum atomic E-state index is 12.1. The van der Waals surface area contributed by atoms with Crippen LogP contribution in [0.25, 0.3) is 0 Å². The predicted octanol–water partition coefficient (Wildman–Crippen LogP) is 0.302. The fourth-order valence-corrected chi connectivity index (χ4v) is 1.75. The molecule has 0 aromatic rings. The number of rotatable bonds is 4. The molecule has 1 amide bonds. The van der Waals surface area contributed by atoms with Gasteiger partial charge >= 0.3 is 6.18 Å². The molecular weight excluding hydrogens is 235 g/mol. The Bertz CT molecular complexity index is 250. The number of halogens is 3. The van der Waals surface area contributed by atoms with E-state index in [-0.39, 0.29) is 25.5 Å². The first-order chi connectivity index (χ1) is 7.92. The molecule has 1 heterocycles. The lowest BCUT2D eigenvalue weighted by Crippen LogP contribution is -2.52. The number of amides is 1. The Morgan fingerprint density at radius 3 is 2.29 bits per heavy atom. The predicted molar refractivity (Wildman–Crippen MR) is 57.6 cm³/mol. The summed E-state index contributed by atoms with van der Waals surface area (Å²) in [5.74, 6) is -0.0430. The standard InChI is InChI=1S/C10H18F3N3O/c1-2-14-7-9(17)16-5-3-15(4-6-16)8-10(11,12)13/h14H,2-8H2,1H3. The fourth-order valence-electron chi connectivity index (χ4n) is 1.75. The minimum Gasteiger partial charge on any atom is -0.339 e. The van der Waals surface area contributed by atoms with Crippen LogP contribution in [0.15, 0.2) is 0 Å². The SMILES string of the molecule is CCNCC(=O)N1CCN(CC(F)(F)F)CC1. The van der Waals surface area contributed by atoms with Gasteiger partial charge in [-0.2, -0.15) is 13.2 Å². The van der Waals surface area contributed by atoms with E-state index in [4.69, 9.17) is 0 Å². The van der Waals surface area contributed by atoms with Crippen molar-refractivity contribution in [3.63, 3.8) is 0 Å². The van der Waals surface area contributed by atoms with E-state index in [1.807, 2.05) is 6.92 Å². The van der Waals surface area contributed by atoms with E-state index in [1.165, 1.54) is 4.90 Å². The van der Waals surface area contributed by atoms with Gasteiger partial charge in [0.05, 0.1) is 13.1 Å². The maximum Gasteiger partial charge on any atom is 0.401 e. The summed E-state index contributed by atoms with van der Waals surface area (Å²) in [5.41, 5.74) is 0. The third-order valence-corrected chi connectivity index (χ3v) is 2.65. The Hall–Kier alpha value is -0.820. The summed E-state index contributed by atoms with van der Waals surface area (Å²) in [6.45, 7) is 3.31. The number of nitrogens with zero attached hydrogens (tertiary/aromatic N) is 2. The summed E-state index contributed by atoms with van der Waals surface area (Å²) in [7, 11) is 0. The Balaban J connectivity index is 2.28. The van der Waals surface area contributed by atoms with Crippen LogP contribution in [0.4, 0.5) is 13.2 Å². The molecule has 1 aliphatic heterocycles. The monoisotopic (exact) mass is 253 g/mol. The number of carbonyl (C=O) groups excluding carboxylic acids is 1. The van der Waals surface area contributed by atoms with Gasteiger partial charge in [-0.1, -0.05) is 6.92 Å². The summed E-state index contributed by atoms with van der Waals surface area (Å²) >= 11 is 0. The Morgan fingerprint density at radius 2 is 1.82 bits per heavy atom. The molecule has 1 fully saturated rings. The summed E-state index contributed by atoms with van der Waals surface area (Å²) in [4.78, 5) is 14.5. The third-order valence-electron chi connectivity index (χ3n) is 2.65. The molecule has 17 heavy (non-hydrogen) atoms. The number of nitrogens with one attached hydrogen (secondary N) is 1. The molecule has 1 saturated heterocycles. The van der Waals surface area contributed by atoms with E-state index >= 15 is 0 Å². The fraction of sp³-hybridized carbons (Fsp3) is 0.900. The Kier molecular flexibility index (Phi) is 5.20. The molecule has 0 bridgehead atoms. The van der Waals surface area contributed by atoms with Crippen LogP contribution in [0.2, 0.25) is 0 Å². The zero-order valence-electron chi connectivity index (χ0n) is 9.89. The van der Waals surface area contributed by atoms with Gasteiger partial charge < -0.3 is 10.2 Å². The van der Waals surface area contributed by atoms with Crippen LogP contribution in [-0.4, -0.2) is 67.7 Å². The van der Waals surface area contributed by atoms with Crippen molar-refractivity contribution >= 4 is 5.91 Å². The van der Waals surface area contributed by atoms with Gasteiger partial charge in [-0.25, -0.2) is 0 Å². The topological polar surface area (TPSA) is 35.6 Å². The van der Waals surface area contributed by atoms with Crippen LogP contribution in [0.5, 0.6) is 0 Å². The second kappa shape index (κ2) is 6.20. The summed E-state index contributed by atoms with van der Waals surface area (Å²) in [5, 5.41) is 2.91. The first-order valence-electron chi connectivity index (χ1n) is 5.70. The number of hydrogen-bond acceptors (Lipinski definition) is 3. The number of hydrogen-bond donors (Lipinski definition) is 1. The molecule has 0 aromatic carbocycles. The van der Waals surface area contributed by atoms with Gasteiger partial charge in [0.1, 0.15) is 0 Å². The number of alkyl halides is 3. The first kappa shape index (κ1) is 14.2. The maximum absolute atomic E-state index is 12.1. The molecule has 4 nitrogen and oxygen atoms in total.